The van der Waals surface area contributed by atoms with Crippen LogP contribution in [-0.2, 0) is 16.0 Å². The Morgan fingerprint density at radius 3 is 2.50 bits per heavy atom. The first kappa shape index (κ1) is 28.5. The molecule has 0 bridgehead atoms. The third-order valence-electron chi connectivity index (χ3n) is 5.49. The molecule has 0 saturated heterocycles. The predicted molar refractivity (Wildman–Crippen MR) is 135 cm³/mol. The molecule has 0 aliphatic carbocycles. The summed E-state index contributed by atoms with van der Waals surface area (Å²) in [5.41, 5.74) is 1.19. The Kier molecular flexibility index (Phi) is 9.74. The average molecular weight is 503 g/mol. The van der Waals surface area contributed by atoms with Gasteiger partial charge in [-0.1, -0.05) is 0 Å². The Bertz CT molecular complexity index is 1160. The van der Waals surface area contributed by atoms with Gasteiger partial charge in [0.05, 0.1) is 17.4 Å². The fourth-order valence-corrected chi connectivity index (χ4v) is 3.39. The molecule has 2 N–H and O–H groups in total. The molecule has 9 nitrogen and oxygen atoms in total. The molecule has 3 heterocycles. The highest BCUT2D eigenvalue weighted by Crippen LogP contribution is 2.26. The smallest absolute Gasteiger partial charge is 0.323 e. The third-order valence-corrected chi connectivity index (χ3v) is 5.49. The van der Waals surface area contributed by atoms with Crippen molar-refractivity contribution in [1.29, 1.82) is 0 Å². The zero-order chi connectivity index (χ0) is 26.9. The Morgan fingerprint density at radius 1 is 1.17 bits per heavy atom. The summed E-state index contributed by atoms with van der Waals surface area (Å²) in [6.07, 6.45) is 5.58. The number of urea groups is 1. The van der Waals surface area contributed by atoms with Crippen LogP contribution in [0.25, 0.3) is 16.7 Å². The normalized spacial score (nSPS) is 11.5. The van der Waals surface area contributed by atoms with Crippen LogP contribution in [0.15, 0.2) is 42.9 Å². The number of halogens is 2. The first-order chi connectivity index (χ1) is 17.0. The molecule has 36 heavy (non-hydrogen) atoms. The minimum Gasteiger partial charge on any atom is -0.326 e. The molecule has 3 aromatic rings. The maximum atomic E-state index is 14.0. The average Bonchev–Trinajstić information content (AvgIpc) is 3.30. The summed E-state index contributed by atoms with van der Waals surface area (Å²) >= 11 is 0. The number of anilines is 1. The number of aromatic nitrogens is 3. The van der Waals surface area contributed by atoms with E-state index in [1.807, 2.05) is 29.7 Å². The van der Waals surface area contributed by atoms with Crippen molar-refractivity contribution in [3.8, 4) is 5.69 Å². The molecule has 3 aromatic heterocycles. The van der Waals surface area contributed by atoms with Crippen molar-refractivity contribution in [3.63, 3.8) is 0 Å². The molecular weight excluding hydrogens is 470 g/mol. The van der Waals surface area contributed by atoms with Crippen LogP contribution in [0.1, 0.15) is 32.3 Å². The number of carbonyl (C=O) groups excluding carboxylic acids is 3. The number of hydrogen-bond acceptors (Lipinski definition) is 6. The number of fused-ring (bicyclic) bond motifs is 1. The van der Waals surface area contributed by atoms with Gasteiger partial charge in [0.1, 0.15) is 24.5 Å². The second-order valence-corrected chi connectivity index (χ2v) is 8.85. The Hall–Kier alpha value is -3.73. The summed E-state index contributed by atoms with van der Waals surface area (Å²) in [5.74, 6) is -2.31. The fraction of sp³-hybridized carbons (Fsp3) is 0.400. The molecule has 2 amide bonds. The van der Waals surface area contributed by atoms with Crippen LogP contribution < -0.4 is 15.5 Å². The van der Waals surface area contributed by atoms with Crippen LogP contribution in [0, 0.1) is 0 Å². The number of alkyl halides is 2. The number of hydrogen-bond donors (Lipinski definition) is 2. The summed E-state index contributed by atoms with van der Waals surface area (Å²) in [7, 11) is 3.22. The molecular formula is C25H32F2N6O3. The van der Waals surface area contributed by atoms with E-state index in [9.17, 15) is 18.4 Å². The predicted octanol–water partition coefficient (Wildman–Crippen LogP) is 3.54. The van der Waals surface area contributed by atoms with Gasteiger partial charge in [-0.2, -0.15) is 0 Å². The molecule has 0 aliphatic rings. The molecule has 0 atom stereocenters. The highest BCUT2D eigenvalue weighted by molar-refractivity contribution is 5.92. The quantitative estimate of drug-likeness (QED) is 0.411. The first-order valence-electron chi connectivity index (χ1n) is 11.3. The van der Waals surface area contributed by atoms with Crippen LogP contribution in [0.5, 0.6) is 0 Å². The van der Waals surface area contributed by atoms with Gasteiger partial charge in [-0.15, -0.1) is 0 Å². The van der Waals surface area contributed by atoms with Crippen LogP contribution in [0.3, 0.4) is 0 Å². The number of amides is 2. The van der Waals surface area contributed by atoms with Gasteiger partial charge in [0.15, 0.2) is 0 Å². The van der Waals surface area contributed by atoms with Crippen LogP contribution in [0.2, 0.25) is 0 Å². The highest BCUT2D eigenvalue weighted by atomic mass is 19.3. The molecule has 11 heteroatoms. The summed E-state index contributed by atoms with van der Waals surface area (Å²) < 4.78 is 29.8. The van der Waals surface area contributed by atoms with E-state index in [-0.39, 0.29) is 25.8 Å². The van der Waals surface area contributed by atoms with Crippen molar-refractivity contribution in [2.24, 2.45) is 0 Å². The maximum absolute atomic E-state index is 14.0. The van der Waals surface area contributed by atoms with Gasteiger partial charge in [-0.25, -0.2) is 23.5 Å². The zero-order valence-electron chi connectivity index (χ0n) is 20.9. The fourth-order valence-electron chi connectivity index (χ4n) is 3.39. The van der Waals surface area contributed by atoms with Crippen molar-refractivity contribution < 1.29 is 23.2 Å². The monoisotopic (exact) mass is 502 g/mol. The highest BCUT2D eigenvalue weighted by Gasteiger charge is 2.27. The van der Waals surface area contributed by atoms with Crippen LogP contribution in [-0.4, -0.2) is 65.7 Å². The van der Waals surface area contributed by atoms with E-state index in [0.717, 1.165) is 16.6 Å². The maximum Gasteiger partial charge on any atom is 0.323 e. The second-order valence-electron chi connectivity index (χ2n) is 8.85. The van der Waals surface area contributed by atoms with Crippen molar-refractivity contribution >= 4 is 36.0 Å². The van der Waals surface area contributed by atoms with Gasteiger partial charge in [0.25, 0.3) is 0 Å². The topological polar surface area (TPSA) is 109 Å². The molecule has 194 valence electrons. The second kappa shape index (κ2) is 12.3. The number of nitrogens with zero attached hydrogens (tertiary/aromatic N) is 4. The molecule has 0 aromatic carbocycles. The van der Waals surface area contributed by atoms with Crippen molar-refractivity contribution in [1.82, 2.24) is 25.2 Å². The summed E-state index contributed by atoms with van der Waals surface area (Å²) in [4.78, 5) is 41.6. The van der Waals surface area contributed by atoms with E-state index in [1.54, 1.807) is 52.5 Å². The first-order valence-corrected chi connectivity index (χ1v) is 11.3. The van der Waals surface area contributed by atoms with Crippen LogP contribution >= 0.6 is 0 Å². The molecule has 0 fully saturated rings. The van der Waals surface area contributed by atoms with Gasteiger partial charge in [-0.05, 0) is 57.1 Å². The number of pyridine rings is 2. The number of aryl methyl sites for hydroxylation is 1. The van der Waals surface area contributed by atoms with Crippen molar-refractivity contribution in [2.75, 3.05) is 25.5 Å². The Balaban J connectivity index is 0.00000222. The Labute approximate surface area is 208 Å². The van der Waals surface area contributed by atoms with E-state index in [1.165, 1.54) is 4.90 Å². The van der Waals surface area contributed by atoms with Gasteiger partial charge >= 0.3 is 6.03 Å². The van der Waals surface area contributed by atoms with Gasteiger partial charge in [-0.3, -0.25) is 9.47 Å². The standard InChI is InChI=1S/C24H30F2N6O2.CH2O/c1-23(2,16-33)30-22(34)31(4)20-6-5-19(15-28-20)32-12-8-18-13-17(14-29-21(18)32)7-9-24(25,26)10-11-27-3;1-2/h5-6,8,12-16,27H,7,9-11H2,1-4H3,(H,30,34);1H2. The summed E-state index contributed by atoms with van der Waals surface area (Å²) in [6.45, 7) is 5.48. The minimum absolute atomic E-state index is 0.190. The van der Waals surface area contributed by atoms with Gasteiger partial charge in [0.2, 0.25) is 5.92 Å². The molecule has 0 saturated carbocycles. The van der Waals surface area contributed by atoms with E-state index in [0.29, 0.717) is 17.8 Å². The molecule has 3 rings (SSSR count). The lowest BCUT2D eigenvalue weighted by Gasteiger charge is -2.24. The Morgan fingerprint density at radius 2 is 1.89 bits per heavy atom. The number of carbonyl (C=O) groups is 3. The van der Waals surface area contributed by atoms with Gasteiger partial charge < -0.3 is 20.2 Å². The summed E-state index contributed by atoms with van der Waals surface area (Å²) in [6, 6.07) is 6.79. The lowest BCUT2D eigenvalue weighted by molar-refractivity contribution is -0.112. The van der Waals surface area contributed by atoms with Crippen molar-refractivity contribution in [3.05, 3.63) is 48.4 Å². The lowest BCUT2D eigenvalue weighted by atomic mass is 10.0. The van der Waals surface area contributed by atoms with Crippen LogP contribution in [0.4, 0.5) is 19.4 Å². The largest absolute Gasteiger partial charge is 0.326 e. The van der Waals surface area contributed by atoms with E-state index < -0.39 is 17.5 Å². The molecule has 0 spiro atoms. The SMILES string of the molecule is C=O.CNCCC(F)(F)CCc1cnc2c(ccn2-c2ccc(N(C)C(=O)NC(C)(C)C=O)nc2)c1. The molecule has 0 radical (unpaired) electrons. The molecule has 0 aliphatic heterocycles. The number of rotatable bonds is 10. The third kappa shape index (κ3) is 7.38. The van der Waals surface area contributed by atoms with Gasteiger partial charge in [0, 0.05) is 44.2 Å². The zero-order valence-corrected chi connectivity index (χ0v) is 20.9. The van der Waals surface area contributed by atoms with Crippen molar-refractivity contribution in [2.45, 2.75) is 44.6 Å². The lowest BCUT2D eigenvalue weighted by Crippen LogP contribution is -2.50. The van der Waals surface area contributed by atoms with E-state index in [4.69, 9.17) is 4.79 Å². The minimum atomic E-state index is -2.72. The number of aldehydes is 1. The molecule has 0 unspecified atom stereocenters. The van der Waals surface area contributed by atoms with E-state index in [2.05, 4.69) is 20.6 Å². The number of nitrogens with one attached hydrogen (secondary N) is 2. The van der Waals surface area contributed by atoms with E-state index >= 15 is 0 Å². The summed E-state index contributed by atoms with van der Waals surface area (Å²) in [5, 5.41) is 6.21.